The fraction of sp³-hybridized carbons (Fsp3) is 1.00. The first-order valence-corrected chi connectivity index (χ1v) is 7.81. The Kier molecular flexibility index (Phi) is 7.53. The third-order valence-electron chi connectivity index (χ3n) is 4.08. The summed E-state index contributed by atoms with van der Waals surface area (Å²) in [6.07, 6.45) is 13.8. The molecule has 1 aliphatic rings. The van der Waals surface area contributed by atoms with Crippen LogP contribution in [0.5, 0.6) is 0 Å². The molecule has 1 saturated carbocycles. The lowest BCUT2D eigenvalue weighted by Gasteiger charge is -2.31. The van der Waals surface area contributed by atoms with E-state index in [-0.39, 0.29) is 0 Å². The maximum Gasteiger partial charge on any atom is 0.0364 e. The summed E-state index contributed by atoms with van der Waals surface area (Å²) in [6, 6.07) is 0. The Hall–Kier alpha value is 0.290. The van der Waals surface area contributed by atoms with E-state index in [0.717, 1.165) is 11.8 Å². The predicted molar refractivity (Wildman–Crippen MR) is 74.1 cm³/mol. The number of halogens is 1. The van der Waals surface area contributed by atoms with Gasteiger partial charge in [-0.05, 0) is 37.5 Å². The zero-order chi connectivity index (χ0) is 11.8. The van der Waals surface area contributed by atoms with Gasteiger partial charge in [0.2, 0.25) is 0 Å². The molecular formula is C15H29Cl. The third kappa shape index (κ3) is 5.57. The summed E-state index contributed by atoms with van der Waals surface area (Å²) in [6.45, 7) is 4.67. The largest absolute Gasteiger partial charge is 0.123 e. The minimum absolute atomic E-state index is 0.479. The van der Waals surface area contributed by atoms with Crippen LogP contribution in [-0.4, -0.2) is 5.38 Å². The highest BCUT2D eigenvalue weighted by atomic mass is 35.5. The van der Waals surface area contributed by atoms with Crippen LogP contribution in [0.15, 0.2) is 0 Å². The molecule has 0 N–H and O–H groups in total. The van der Waals surface area contributed by atoms with E-state index in [1.54, 1.807) is 0 Å². The molecule has 0 aromatic carbocycles. The van der Waals surface area contributed by atoms with Crippen molar-refractivity contribution in [3.05, 3.63) is 0 Å². The number of hydrogen-bond donors (Lipinski definition) is 0. The van der Waals surface area contributed by atoms with Crippen LogP contribution in [0.4, 0.5) is 0 Å². The summed E-state index contributed by atoms with van der Waals surface area (Å²) in [7, 11) is 0. The van der Waals surface area contributed by atoms with Gasteiger partial charge in [0.1, 0.15) is 0 Å². The smallest absolute Gasteiger partial charge is 0.0364 e. The van der Waals surface area contributed by atoms with Crippen molar-refractivity contribution in [1.82, 2.24) is 0 Å². The van der Waals surface area contributed by atoms with Gasteiger partial charge in [0, 0.05) is 5.38 Å². The van der Waals surface area contributed by atoms with E-state index in [2.05, 4.69) is 13.8 Å². The van der Waals surface area contributed by atoms with Crippen LogP contribution in [0.25, 0.3) is 0 Å². The van der Waals surface area contributed by atoms with Crippen LogP contribution in [0.1, 0.15) is 78.1 Å². The molecular weight excluding hydrogens is 216 g/mol. The second-order valence-electron chi connectivity index (χ2n) is 5.75. The quantitative estimate of drug-likeness (QED) is 0.393. The Bertz CT molecular complexity index is 167. The van der Waals surface area contributed by atoms with Crippen molar-refractivity contribution in [3.8, 4) is 0 Å². The van der Waals surface area contributed by atoms with Gasteiger partial charge in [-0.3, -0.25) is 0 Å². The van der Waals surface area contributed by atoms with E-state index in [1.807, 2.05) is 0 Å². The lowest BCUT2D eigenvalue weighted by atomic mass is 9.79. The molecule has 96 valence electrons. The molecule has 1 heteroatoms. The standard InChI is InChI=1S/C15H29Cl/c1-3-4-5-6-7-8-9-14-12-13(2)10-11-15(14)16/h13-15H,3-12H2,1-2H3. The molecule has 0 heterocycles. The van der Waals surface area contributed by atoms with E-state index < -0.39 is 0 Å². The Morgan fingerprint density at radius 1 is 1.00 bits per heavy atom. The van der Waals surface area contributed by atoms with Gasteiger partial charge < -0.3 is 0 Å². The van der Waals surface area contributed by atoms with Gasteiger partial charge in [-0.2, -0.15) is 0 Å². The summed E-state index contributed by atoms with van der Waals surface area (Å²) in [5.41, 5.74) is 0. The fourth-order valence-corrected chi connectivity index (χ4v) is 3.30. The van der Waals surface area contributed by atoms with Crippen LogP contribution in [0, 0.1) is 11.8 Å². The number of rotatable bonds is 7. The van der Waals surface area contributed by atoms with E-state index in [0.29, 0.717) is 5.38 Å². The highest BCUT2D eigenvalue weighted by Gasteiger charge is 2.26. The van der Waals surface area contributed by atoms with Gasteiger partial charge in [-0.25, -0.2) is 0 Å². The Morgan fingerprint density at radius 3 is 2.44 bits per heavy atom. The molecule has 3 atom stereocenters. The molecule has 0 amide bonds. The van der Waals surface area contributed by atoms with Crippen molar-refractivity contribution in [2.75, 3.05) is 0 Å². The summed E-state index contributed by atoms with van der Waals surface area (Å²) in [4.78, 5) is 0. The normalized spacial score (nSPS) is 30.6. The van der Waals surface area contributed by atoms with E-state index in [1.165, 1.54) is 64.2 Å². The molecule has 0 aromatic rings. The Morgan fingerprint density at radius 2 is 1.69 bits per heavy atom. The van der Waals surface area contributed by atoms with Crippen molar-refractivity contribution in [2.45, 2.75) is 83.4 Å². The van der Waals surface area contributed by atoms with Crippen molar-refractivity contribution in [1.29, 1.82) is 0 Å². The van der Waals surface area contributed by atoms with Crippen molar-refractivity contribution in [3.63, 3.8) is 0 Å². The molecule has 0 saturated heterocycles. The number of hydrogen-bond acceptors (Lipinski definition) is 0. The maximum atomic E-state index is 6.41. The monoisotopic (exact) mass is 244 g/mol. The molecule has 1 fully saturated rings. The van der Waals surface area contributed by atoms with Gasteiger partial charge in [-0.1, -0.05) is 52.4 Å². The molecule has 0 aromatic heterocycles. The maximum absolute atomic E-state index is 6.41. The van der Waals surface area contributed by atoms with Crippen LogP contribution in [0.3, 0.4) is 0 Å². The number of alkyl halides is 1. The molecule has 1 rings (SSSR count). The number of unbranched alkanes of at least 4 members (excludes halogenated alkanes) is 5. The SMILES string of the molecule is CCCCCCCCC1CC(C)CCC1Cl. The molecule has 0 spiro atoms. The third-order valence-corrected chi connectivity index (χ3v) is 4.65. The second kappa shape index (κ2) is 8.39. The molecule has 3 unspecified atom stereocenters. The summed E-state index contributed by atoms with van der Waals surface area (Å²) < 4.78 is 0. The van der Waals surface area contributed by atoms with Gasteiger partial charge in [0.05, 0.1) is 0 Å². The molecule has 1 aliphatic carbocycles. The van der Waals surface area contributed by atoms with Gasteiger partial charge >= 0.3 is 0 Å². The van der Waals surface area contributed by atoms with Crippen molar-refractivity contribution >= 4 is 11.6 Å². The second-order valence-corrected chi connectivity index (χ2v) is 6.31. The minimum Gasteiger partial charge on any atom is -0.123 e. The first kappa shape index (κ1) is 14.4. The molecule has 0 aliphatic heterocycles. The molecule has 0 nitrogen and oxygen atoms in total. The van der Waals surface area contributed by atoms with Crippen molar-refractivity contribution in [2.24, 2.45) is 11.8 Å². The Balaban J connectivity index is 2.02. The minimum atomic E-state index is 0.479. The van der Waals surface area contributed by atoms with Gasteiger partial charge in [-0.15, -0.1) is 11.6 Å². The topological polar surface area (TPSA) is 0 Å². The highest BCUT2D eigenvalue weighted by molar-refractivity contribution is 6.20. The van der Waals surface area contributed by atoms with Crippen molar-refractivity contribution < 1.29 is 0 Å². The van der Waals surface area contributed by atoms with Gasteiger partial charge in [0.25, 0.3) is 0 Å². The van der Waals surface area contributed by atoms with Crippen LogP contribution in [0.2, 0.25) is 0 Å². The zero-order valence-corrected chi connectivity index (χ0v) is 11.9. The van der Waals surface area contributed by atoms with E-state index >= 15 is 0 Å². The molecule has 16 heavy (non-hydrogen) atoms. The first-order chi connectivity index (χ1) is 7.74. The molecule has 0 bridgehead atoms. The van der Waals surface area contributed by atoms with Crippen LogP contribution in [-0.2, 0) is 0 Å². The highest BCUT2D eigenvalue weighted by Crippen LogP contribution is 2.35. The predicted octanol–water partition coefficient (Wildman–Crippen LogP) is 5.78. The lowest BCUT2D eigenvalue weighted by Crippen LogP contribution is -2.24. The Labute approximate surface area is 107 Å². The van der Waals surface area contributed by atoms with E-state index in [4.69, 9.17) is 11.6 Å². The summed E-state index contributed by atoms with van der Waals surface area (Å²) in [5, 5.41) is 0.479. The first-order valence-electron chi connectivity index (χ1n) is 7.38. The molecule has 0 radical (unpaired) electrons. The lowest BCUT2D eigenvalue weighted by molar-refractivity contribution is 0.269. The summed E-state index contributed by atoms with van der Waals surface area (Å²) in [5.74, 6) is 1.73. The summed E-state index contributed by atoms with van der Waals surface area (Å²) >= 11 is 6.41. The van der Waals surface area contributed by atoms with E-state index in [9.17, 15) is 0 Å². The average molecular weight is 245 g/mol. The zero-order valence-electron chi connectivity index (χ0n) is 11.2. The van der Waals surface area contributed by atoms with Gasteiger partial charge in [0.15, 0.2) is 0 Å². The van der Waals surface area contributed by atoms with Crippen LogP contribution >= 0.6 is 11.6 Å². The van der Waals surface area contributed by atoms with Crippen LogP contribution < -0.4 is 0 Å². The fourth-order valence-electron chi connectivity index (χ4n) is 2.95. The average Bonchev–Trinajstić information content (AvgIpc) is 2.28.